The Kier molecular flexibility index (Phi) is 6.93. The maximum atomic E-state index is 11.3. The van der Waals surface area contributed by atoms with Crippen LogP contribution in [0.4, 0.5) is 0 Å². The summed E-state index contributed by atoms with van der Waals surface area (Å²) in [5, 5.41) is 0. The fourth-order valence-electron chi connectivity index (χ4n) is 1.40. The molecule has 0 spiro atoms. The second kappa shape index (κ2) is 8.24. The number of hydrogen-bond donors (Lipinski definition) is 0. The quantitative estimate of drug-likeness (QED) is 0.538. The molecule has 5 heteroatoms. The lowest BCUT2D eigenvalue weighted by molar-refractivity contribution is -0.0995. The Hall–Kier alpha value is -0.910. The van der Waals surface area contributed by atoms with E-state index in [1.54, 1.807) is 19.9 Å². The largest absolute Gasteiger partial charge is 0.343 e. The van der Waals surface area contributed by atoms with Crippen LogP contribution in [0.1, 0.15) is 39.2 Å². The third-order valence-corrected chi connectivity index (χ3v) is 2.94. The van der Waals surface area contributed by atoms with Gasteiger partial charge in [0.15, 0.2) is 5.75 Å². The van der Waals surface area contributed by atoms with Crippen LogP contribution in [-0.4, -0.2) is 10.3 Å². The summed E-state index contributed by atoms with van der Waals surface area (Å²) < 4.78 is 20.9. The molecule has 4 nitrogen and oxygen atoms in total. The number of aryl methyl sites for hydroxylation is 1. The van der Waals surface area contributed by atoms with Crippen LogP contribution in [0, 0.1) is 0 Å². The molecule has 1 unspecified atom stereocenters. The molecule has 0 saturated heterocycles. The monoisotopic (exact) mass is 272 g/mol. The van der Waals surface area contributed by atoms with Gasteiger partial charge < -0.3 is 4.89 Å². The standard InChI is InChI=1S/C13H20O4S/c1-4-5-8-12-9-6-7-10-13(12)15-17-18(14)16-11(2)3/h6-7,9-11H,4-5,8H2,1-3H3. The minimum atomic E-state index is -1.89. The Morgan fingerprint density at radius 2 is 2.00 bits per heavy atom. The first-order valence-corrected chi connectivity index (χ1v) is 7.15. The molecule has 1 atom stereocenters. The van der Waals surface area contributed by atoms with E-state index >= 15 is 0 Å². The van der Waals surface area contributed by atoms with Crippen LogP contribution >= 0.6 is 0 Å². The van der Waals surface area contributed by atoms with E-state index in [9.17, 15) is 4.21 Å². The summed E-state index contributed by atoms with van der Waals surface area (Å²) in [6.45, 7) is 5.68. The molecule has 0 heterocycles. The molecule has 0 aliphatic rings. The van der Waals surface area contributed by atoms with Gasteiger partial charge in [-0.3, -0.25) is 4.18 Å². The molecule has 0 N–H and O–H groups in total. The van der Waals surface area contributed by atoms with Crippen LogP contribution < -0.4 is 4.89 Å². The van der Waals surface area contributed by atoms with E-state index in [0.717, 1.165) is 24.8 Å². The minimum Gasteiger partial charge on any atom is -0.321 e. The molecule has 0 fully saturated rings. The van der Waals surface area contributed by atoms with E-state index in [-0.39, 0.29) is 6.10 Å². The van der Waals surface area contributed by atoms with Crippen molar-refractivity contribution in [2.75, 3.05) is 0 Å². The van der Waals surface area contributed by atoms with E-state index in [4.69, 9.17) is 13.4 Å². The second-order valence-corrected chi connectivity index (χ2v) is 4.95. The summed E-state index contributed by atoms with van der Waals surface area (Å²) in [6.07, 6.45) is 2.92. The molecule has 0 bridgehead atoms. The predicted octanol–water partition coefficient (Wildman–Crippen LogP) is 3.34. The molecule has 18 heavy (non-hydrogen) atoms. The zero-order valence-corrected chi connectivity index (χ0v) is 11.9. The Balaban J connectivity index is 2.53. The molecule has 0 aromatic heterocycles. The van der Waals surface area contributed by atoms with Gasteiger partial charge in [-0.05, 0) is 38.3 Å². The molecule has 0 aliphatic carbocycles. The average Bonchev–Trinajstić information content (AvgIpc) is 2.34. The van der Waals surface area contributed by atoms with Crippen molar-refractivity contribution in [2.24, 2.45) is 0 Å². The molecule has 102 valence electrons. The smallest absolute Gasteiger partial charge is 0.321 e. The van der Waals surface area contributed by atoms with E-state index in [1.807, 2.05) is 18.2 Å². The van der Waals surface area contributed by atoms with Crippen molar-refractivity contribution in [3.8, 4) is 5.75 Å². The van der Waals surface area contributed by atoms with E-state index in [1.165, 1.54) is 0 Å². The van der Waals surface area contributed by atoms with Crippen LogP contribution in [0.25, 0.3) is 0 Å². The van der Waals surface area contributed by atoms with Gasteiger partial charge in [0.25, 0.3) is 0 Å². The van der Waals surface area contributed by atoms with Crippen molar-refractivity contribution in [1.29, 1.82) is 0 Å². The SMILES string of the molecule is CCCCc1ccccc1OOS(=O)OC(C)C. The summed E-state index contributed by atoms with van der Waals surface area (Å²) in [6, 6.07) is 7.55. The third-order valence-electron chi connectivity index (χ3n) is 2.22. The number of para-hydroxylation sites is 1. The zero-order chi connectivity index (χ0) is 13.4. The first-order valence-electron chi connectivity index (χ1n) is 6.15. The van der Waals surface area contributed by atoms with Gasteiger partial charge >= 0.3 is 11.4 Å². The number of hydrogen-bond acceptors (Lipinski definition) is 4. The topological polar surface area (TPSA) is 44.8 Å². The summed E-state index contributed by atoms with van der Waals surface area (Å²) in [5.74, 6) is 0.589. The highest BCUT2D eigenvalue weighted by atomic mass is 32.2. The lowest BCUT2D eigenvalue weighted by Gasteiger charge is -2.09. The highest BCUT2D eigenvalue weighted by molar-refractivity contribution is 7.75. The van der Waals surface area contributed by atoms with Crippen LogP contribution in [0.2, 0.25) is 0 Å². The van der Waals surface area contributed by atoms with Gasteiger partial charge in [0, 0.05) is 0 Å². The first kappa shape index (κ1) is 15.1. The first-order chi connectivity index (χ1) is 8.63. The molecule has 0 radical (unpaired) electrons. The van der Waals surface area contributed by atoms with Crippen molar-refractivity contribution < 1.29 is 17.6 Å². The summed E-state index contributed by atoms with van der Waals surface area (Å²) in [4.78, 5) is 5.07. The second-order valence-electron chi connectivity index (χ2n) is 4.21. The van der Waals surface area contributed by atoms with Gasteiger partial charge in [0.05, 0.1) is 6.10 Å². The fraction of sp³-hybridized carbons (Fsp3) is 0.538. The maximum Gasteiger partial charge on any atom is 0.343 e. The van der Waals surface area contributed by atoms with Gasteiger partial charge in [-0.1, -0.05) is 35.9 Å². The molecule has 1 aromatic rings. The molecule has 0 amide bonds. The molecule has 1 aromatic carbocycles. The molecular formula is C13H20O4S. The van der Waals surface area contributed by atoms with Crippen molar-refractivity contribution in [3.05, 3.63) is 29.8 Å². The number of rotatable bonds is 8. The normalized spacial score (nSPS) is 12.7. The highest BCUT2D eigenvalue weighted by Gasteiger charge is 2.09. The zero-order valence-electron chi connectivity index (χ0n) is 11.0. The van der Waals surface area contributed by atoms with Crippen molar-refractivity contribution in [3.63, 3.8) is 0 Å². The fourth-order valence-corrected chi connectivity index (χ4v) is 1.87. The third kappa shape index (κ3) is 5.62. The average molecular weight is 272 g/mol. The molecular weight excluding hydrogens is 252 g/mol. The summed E-state index contributed by atoms with van der Waals surface area (Å²) in [5.41, 5.74) is 1.04. The van der Waals surface area contributed by atoms with Crippen molar-refractivity contribution in [1.82, 2.24) is 0 Å². The van der Waals surface area contributed by atoms with E-state index in [2.05, 4.69) is 6.92 Å². The lowest BCUT2D eigenvalue weighted by atomic mass is 10.1. The van der Waals surface area contributed by atoms with Gasteiger partial charge in [0.2, 0.25) is 0 Å². The minimum absolute atomic E-state index is 0.176. The van der Waals surface area contributed by atoms with Gasteiger partial charge in [0.1, 0.15) is 0 Å². The van der Waals surface area contributed by atoms with Crippen LogP contribution in [0.3, 0.4) is 0 Å². The summed E-state index contributed by atoms with van der Waals surface area (Å²) in [7, 11) is 0. The Labute approximate surface area is 111 Å². The molecule has 0 aliphatic heterocycles. The molecule has 0 saturated carbocycles. The maximum absolute atomic E-state index is 11.3. The van der Waals surface area contributed by atoms with Crippen LogP contribution in [0.5, 0.6) is 5.75 Å². The predicted molar refractivity (Wildman–Crippen MR) is 71.1 cm³/mol. The number of unbranched alkanes of at least 4 members (excludes halogenated alkanes) is 1. The lowest BCUT2D eigenvalue weighted by Crippen LogP contribution is -2.11. The summed E-state index contributed by atoms with van der Waals surface area (Å²) >= 11 is -1.89. The van der Waals surface area contributed by atoms with Crippen molar-refractivity contribution in [2.45, 2.75) is 46.1 Å². The number of benzene rings is 1. The van der Waals surface area contributed by atoms with E-state index in [0.29, 0.717) is 5.75 Å². The van der Waals surface area contributed by atoms with Crippen LogP contribution in [-0.2, 0) is 26.3 Å². The van der Waals surface area contributed by atoms with E-state index < -0.39 is 11.4 Å². The Morgan fingerprint density at radius 3 is 2.67 bits per heavy atom. The molecule has 1 rings (SSSR count). The highest BCUT2D eigenvalue weighted by Crippen LogP contribution is 2.20. The Bertz CT molecular complexity index is 379. The van der Waals surface area contributed by atoms with Gasteiger partial charge in [-0.15, -0.1) is 0 Å². The van der Waals surface area contributed by atoms with Gasteiger partial charge in [-0.25, -0.2) is 0 Å². The van der Waals surface area contributed by atoms with Crippen molar-refractivity contribution >= 4 is 11.4 Å². The van der Waals surface area contributed by atoms with Gasteiger partial charge in [-0.2, -0.15) is 4.21 Å². The van der Waals surface area contributed by atoms with Crippen LogP contribution in [0.15, 0.2) is 24.3 Å². The Morgan fingerprint density at radius 1 is 1.28 bits per heavy atom.